The Balaban J connectivity index is 2.81. The van der Waals surface area contributed by atoms with E-state index in [4.69, 9.17) is 4.74 Å². The molecule has 0 radical (unpaired) electrons. The summed E-state index contributed by atoms with van der Waals surface area (Å²) in [6.45, 7) is 2.08. The van der Waals surface area contributed by atoms with Crippen molar-refractivity contribution in [3.8, 4) is 0 Å². The molecule has 0 heterocycles. The van der Waals surface area contributed by atoms with Gasteiger partial charge < -0.3 is 9.84 Å². The van der Waals surface area contributed by atoms with Crippen LogP contribution in [-0.4, -0.2) is 23.8 Å². The third-order valence-electron chi connectivity index (χ3n) is 3.54. The van der Waals surface area contributed by atoms with E-state index in [2.05, 4.69) is 6.92 Å². The smallest absolute Gasteiger partial charge is 0.311 e. The number of ether oxygens (including phenoxy) is 1. The molecule has 0 amide bonds. The van der Waals surface area contributed by atoms with Gasteiger partial charge in [-0.1, -0.05) is 31.9 Å². The molecule has 0 aromatic heterocycles. The van der Waals surface area contributed by atoms with E-state index in [1.54, 1.807) is 0 Å². The zero-order valence-corrected chi connectivity index (χ0v) is 10.9. The highest BCUT2D eigenvalue weighted by Crippen LogP contribution is 2.33. The molecule has 0 aliphatic heterocycles. The van der Waals surface area contributed by atoms with Crippen LogP contribution in [0, 0.1) is 5.92 Å². The van der Waals surface area contributed by atoms with Crippen LogP contribution in [0.3, 0.4) is 0 Å². The third-order valence-corrected chi connectivity index (χ3v) is 3.54. The van der Waals surface area contributed by atoms with Crippen molar-refractivity contribution in [2.45, 2.75) is 57.5 Å². The Labute approximate surface area is 104 Å². The number of carbonyl (C=O) groups excluding carboxylic acids is 1. The molecule has 0 aromatic carbocycles. The van der Waals surface area contributed by atoms with Crippen molar-refractivity contribution in [3.63, 3.8) is 0 Å². The van der Waals surface area contributed by atoms with Crippen LogP contribution in [0.4, 0.5) is 0 Å². The van der Waals surface area contributed by atoms with Gasteiger partial charge in [0.05, 0.1) is 18.6 Å². The summed E-state index contributed by atoms with van der Waals surface area (Å²) in [7, 11) is 1.39. The first kappa shape index (κ1) is 14.2. The standard InChI is InChI=1S/C14H24O3/c1-3-4-9-12(13(15)17-2)14(16)10-7-5-6-8-11-14/h7,10,12,16H,3-6,8-9,11H2,1-2H3. The molecule has 1 rings (SSSR count). The van der Waals surface area contributed by atoms with Gasteiger partial charge in [-0.25, -0.2) is 0 Å². The molecule has 2 atom stereocenters. The summed E-state index contributed by atoms with van der Waals surface area (Å²) in [5, 5.41) is 10.7. The molecule has 0 saturated heterocycles. The van der Waals surface area contributed by atoms with Gasteiger partial charge in [-0.15, -0.1) is 0 Å². The summed E-state index contributed by atoms with van der Waals surface area (Å²) in [5.74, 6) is -0.700. The monoisotopic (exact) mass is 240 g/mol. The number of carbonyl (C=O) groups is 1. The van der Waals surface area contributed by atoms with Crippen molar-refractivity contribution in [2.75, 3.05) is 7.11 Å². The Morgan fingerprint density at radius 3 is 2.94 bits per heavy atom. The Kier molecular flexibility index (Phi) is 5.69. The van der Waals surface area contributed by atoms with Crippen LogP contribution >= 0.6 is 0 Å². The summed E-state index contributed by atoms with van der Waals surface area (Å²) >= 11 is 0. The quantitative estimate of drug-likeness (QED) is 0.593. The van der Waals surface area contributed by atoms with Gasteiger partial charge in [0.15, 0.2) is 0 Å². The summed E-state index contributed by atoms with van der Waals surface area (Å²) in [5.41, 5.74) is -1.00. The molecule has 1 N–H and O–H groups in total. The van der Waals surface area contributed by atoms with Gasteiger partial charge in [0.25, 0.3) is 0 Å². The molecule has 0 bridgehead atoms. The number of methoxy groups -OCH3 is 1. The van der Waals surface area contributed by atoms with Crippen LogP contribution in [0.25, 0.3) is 0 Å². The van der Waals surface area contributed by atoms with Gasteiger partial charge in [-0.05, 0) is 32.1 Å². The summed E-state index contributed by atoms with van der Waals surface area (Å²) < 4.78 is 4.84. The fourth-order valence-corrected chi connectivity index (χ4v) is 2.45. The molecular formula is C14H24O3. The number of aliphatic hydroxyl groups is 1. The van der Waals surface area contributed by atoms with Crippen molar-refractivity contribution in [2.24, 2.45) is 5.92 Å². The summed E-state index contributed by atoms with van der Waals surface area (Å²) in [6.07, 6.45) is 10.2. The minimum atomic E-state index is -1.00. The summed E-state index contributed by atoms with van der Waals surface area (Å²) in [4.78, 5) is 11.8. The maximum absolute atomic E-state index is 11.8. The molecular weight excluding hydrogens is 216 g/mol. The molecule has 3 heteroatoms. The average Bonchev–Trinajstić information content (AvgIpc) is 2.55. The zero-order chi connectivity index (χ0) is 12.7. The SMILES string of the molecule is CCCCC(C(=O)OC)C1(O)C=CCCCC1. The lowest BCUT2D eigenvalue weighted by atomic mass is 9.80. The second-order valence-corrected chi connectivity index (χ2v) is 4.86. The first-order chi connectivity index (χ1) is 8.14. The normalized spacial score (nSPS) is 26.3. The van der Waals surface area contributed by atoms with E-state index in [1.807, 2.05) is 12.2 Å². The van der Waals surface area contributed by atoms with Gasteiger partial charge in [0.2, 0.25) is 0 Å². The van der Waals surface area contributed by atoms with Crippen LogP contribution < -0.4 is 0 Å². The third kappa shape index (κ3) is 3.84. The van der Waals surface area contributed by atoms with E-state index < -0.39 is 11.5 Å². The van der Waals surface area contributed by atoms with Crippen molar-refractivity contribution < 1.29 is 14.6 Å². The summed E-state index contributed by atoms with van der Waals surface area (Å²) in [6, 6.07) is 0. The maximum atomic E-state index is 11.8. The Morgan fingerprint density at radius 2 is 2.29 bits per heavy atom. The second kappa shape index (κ2) is 6.80. The predicted molar refractivity (Wildman–Crippen MR) is 67.6 cm³/mol. The fraction of sp³-hybridized carbons (Fsp3) is 0.786. The minimum Gasteiger partial charge on any atom is -0.469 e. The first-order valence-electron chi connectivity index (χ1n) is 6.62. The number of hydrogen-bond donors (Lipinski definition) is 1. The largest absolute Gasteiger partial charge is 0.469 e. The van der Waals surface area contributed by atoms with Crippen molar-refractivity contribution >= 4 is 5.97 Å². The van der Waals surface area contributed by atoms with E-state index in [0.29, 0.717) is 12.8 Å². The molecule has 3 nitrogen and oxygen atoms in total. The molecule has 2 unspecified atom stereocenters. The van der Waals surface area contributed by atoms with Crippen LogP contribution in [-0.2, 0) is 9.53 Å². The lowest BCUT2D eigenvalue weighted by Crippen LogP contribution is -2.41. The molecule has 1 aliphatic carbocycles. The van der Waals surface area contributed by atoms with Gasteiger partial charge >= 0.3 is 5.97 Å². The van der Waals surface area contributed by atoms with Gasteiger partial charge in [0, 0.05) is 0 Å². The van der Waals surface area contributed by atoms with E-state index in [9.17, 15) is 9.90 Å². The van der Waals surface area contributed by atoms with Crippen LogP contribution in [0.1, 0.15) is 51.9 Å². The van der Waals surface area contributed by atoms with Crippen LogP contribution in [0.5, 0.6) is 0 Å². The molecule has 98 valence electrons. The van der Waals surface area contributed by atoms with Gasteiger partial charge in [-0.3, -0.25) is 4.79 Å². The van der Waals surface area contributed by atoms with E-state index in [-0.39, 0.29) is 5.97 Å². The highest BCUT2D eigenvalue weighted by atomic mass is 16.5. The second-order valence-electron chi connectivity index (χ2n) is 4.86. The number of esters is 1. The molecule has 1 aliphatic rings. The average molecular weight is 240 g/mol. The minimum absolute atomic E-state index is 0.285. The van der Waals surface area contributed by atoms with Gasteiger partial charge in [0.1, 0.15) is 0 Å². The fourth-order valence-electron chi connectivity index (χ4n) is 2.45. The number of allylic oxidation sites excluding steroid dienone is 1. The Bertz CT molecular complexity index is 273. The van der Waals surface area contributed by atoms with E-state index in [0.717, 1.165) is 32.1 Å². The highest BCUT2D eigenvalue weighted by molar-refractivity contribution is 5.74. The Morgan fingerprint density at radius 1 is 1.53 bits per heavy atom. The van der Waals surface area contributed by atoms with Gasteiger partial charge in [-0.2, -0.15) is 0 Å². The van der Waals surface area contributed by atoms with Crippen LogP contribution in [0.15, 0.2) is 12.2 Å². The molecule has 17 heavy (non-hydrogen) atoms. The lowest BCUT2D eigenvalue weighted by molar-refractivity contribution is -0.153. The topological polar surface area (TPSA) is 46.5 Å². The molecule has 0 fully saturated rings. The first-order valence-corrected chi connectivity index (χ1v) is 6.62. The van der Waals surface area contributed by atoms with Crippen molar-refractivity contribution in [1.29, 1.82) is 0 Å². The zero-order valence-electron chi connectivity index (χ0n) is 10.9. The van der Waals surface area contributed by atoms with E-state index >= 15 is 0 Å². The molecule has 0 aromatic rings. The lowest BCUT2D eigenvalue weighted by Gasteiger charge is -2.31. The number of rotatable bonds is 5. The highest BCUT2D eigenvalue weighted by Gasteiger charge is 2.39. The predicted octanol–water partition coefficient (Wildman–Crippen LogP) is 2.83. The number of unbranched alkanes of at least 4 members (excludes halogenated alkanes) is 1. The number of hydrogen-bond acceptors (Lipinski definition) is 3. The molecule has 0 spiro atoms. The molecule has 0 saturated carbocycles. The Hall–Kier alpha value is -0.830. The van der Waals surface area contributed by atoms with E-state index in [1.165, 1.54) is 7.11 Å². The maximum Gasteiger partial charge on any atom is 0.311 e. The van der Waals surface area contributed by atoms with Crippen LogP contribution in [0.2, 0.25) is 0 Å². The van der Waals surface area contributed by atoms with Crippen molar-refractivity contribution in [3.05, 3.63) is 12.2 Å². The van der Waals surface area contributed by atoms with Crippen molar-refractivity contribution in [1.82, 2.24) is 0 Å².